The summed E-state index contributed by atoms with van der Waals surface area (Å²) in [6.07, 6.45) is 2.11. The number of aromatic nitrogens is 1. The van der Waals surface area contributed by atoms with Gasteiger partial charge in [0.15, 0.2) is 0 Å². The van der Waals surface area contributed by atoms with Crippen molar-refractivity contribution in [1.29, 1.82) is 0 Å². The van der Waals surface area contributed by atoms with E-state index in [1.54, 1.807) is 11.1 Å². The number of fused-ring (bicyclic) bond motifs is 1. The van der Waals surface area contributed by atoms with Crippen molar-refractivity contribution in [2.75, 3.05) is 11.4 Å². The second-order valence-electron chi connectivity index (χ2n) is 8.72. The minimum Gasteiger partial charge on any atom is -0.443 e. The van der Waals surface area contributed by atoms with Gasteiger partial charge in [-0.15, -0.1) is 0 Å². The largest absolute Gasteiger partial charge is 0.496 e. The van der Waals surface area contributed by atoms with Gasteiger partial charge >= 0.3 is 13.2 Å². The van der Waals surface area contributed by atoms with Crippen LogP contribution in [-0.2, 0) is 20.5 Å². The summed E-state index contributed by atoms with van der Waals surface area (Å²) in [5.74, 6) is 0.662. The summed E-state index contributed by atoms with van der Waals surface area (Å²) in [6, 6.07) is 2.02. The molecule has 0 N–H and O–H groups in total. The summed E-state index contributed by atoms with van der Waals surface area (Å²) in [7, 11) is -0.446. The number of ether oxygens (including phenoxy) is 1. The molecular formula is C18H27BN2O4. The molecule has 0 aromatic carbocycles. The van der Waals surface area contributed by atoms with Crippen molar-refractivity contribution < 1.29 is 18.8 Å². The monoisotopic (exact) mass is 346 g/mol. The van der Waals surface area contributed by atoms with Crippen molar-refractivity contribution in [3.05, 3.63) is 17.8 Å². The van der Waals surface area contributed by atoms with Gasteiger partial charge in [-0.3, -0.25) is 4.90 Å². The van der Waals surface area contributed by atoms with Crippen molar-refractivity contribution in [2.24, 2.45) is 0 Å². The Morgan fingerprint density at radius 3 is 2.40 bits per heavy atom. The van der Waals surface area contributed by atoms with Crippen LogP contribution in [0.1, 0.15) is 54.0 Å². The minimum atomic E-state index is -0.525. The molecule has 1 aromatic heterocycles. The SMILES string of the molecule is CC(C)(C)OC(=O)N1CCc2cc(B3OC(C)(C)C(C)(C)O3)cnc21. The Kier molecular flexibility index (Phi) is 4.16. The van der Waals surface area contributed by atoms with E-state index in [9.17, 15) is 4.79 Å². The summed E-state index contributed by atoms with van der Waals surface area (Å²) < 4.78 is 17.6. The van der Waals surface area contributed by atoms with Crippen LogP contribution in [0.15, 0.2) is 12.3 Å². The van der Waals surface area contributed by atoms with Gasteiger partial charge in [0.2, 0.25) is 0 Å². The number of hydrogen-bond donors (Lipinski definition) is 0. The van der Waals surface area contributed by atoms with E-state index < -0.39 is 12.7 Å². The zero-order valence-electron chi connectivity index (χ0n) is 16.2. The quantitative estimate of drug-likeness (QED) is 0.732. The van der Waals surface area contributed by atoms with Crippen LogP contribution in [-0.4, -0.2) is 41.5 Å². The van der Waals surface area contributed by atoms with Crippen LogP contribution < -0.4 is 10.4 Å². The molecule has 1 saturated heterocycles. The zero-order valence-corrected chi connectivity index (χ0v) is 16.2. The Labute approximate surface area is 150 Å². The van der Waals surface area contributed by atoms with E-state index in [0.29, 0.717) is 12.4 Å². The highest BCUT2D eigenvalue weighted by atomic mass is 16.7. The molecule has 1 fully saturated rings. The van der Waals surface area contributed by atoms with Gasteiger partial charge in [-0.25, -0.2) is 9.78 Å². The average molecular weight is 346 g/mol. The number of nitrogens with zero attached hydrogens (tertiary/aromatic N) is 2. The maximum Gasteiger partial charge on any atom is 0.496 e. The van der Waals surface area contributed by atoms with E-state index in [1.807, 2.05) is 54.5 Å². The molecule has 7 heteroatoms. The van der Waals surface area contributed by atoms with E-state index in [-0.39, 0.29) is 17.3 Å². The van der Waals surface area contributed by atoms with Crippen molar-refractivity contribution in [3.63, 3.8) is 0 Å². The second kappa shape index (κ2) is 5.71. The lowest BCUT2D eigenvalue weighted by atomic mass is 9.79. The lowest BCUT2D eigenvalue weighted by Gasteiger charge is -2.32. The number of hydrogen-bond acceptors (Lipinski definition) is 5. The van der Waals surface area contributed by atoms with Crippen molar-refractivity contribution in [1.82, 2.24) is 4.98 Å². The predicted octanol–water partition coefficient (Wildman–Crippen LogP) is 2.68. The molecular weight excluding hydrogens is 319 g/mol. The third-order valence-corrected chi connectivity index (χ3v) is 4.96. The molecule has 2 aliphatic rings. The third kappa shape index (κ3) is 3.40. The topological polar surface area (TPSA) is 60.9 Å². The molecule has 0 spiro atoms. The molecule has 0 atom stereocenters. The second-order valence-corrected chi connectivity index (χ2v) is 8.72. The van der Waals surface area contributed by atoms with Gasteiger partial charge in [-0.2, -0.15) is 0 Å². The van der Waals surface area contributed by atoms with Crippen LogP contribution in [0.5, 0.6) is 0 Å². The van der Waals surface area contributed by atoms with Crippen LogP contribution in [0, 0.1) is 0 Å². The Balaban J connectivity index is 1.80. The highest BCUT2D eigenvalue weighted by Crippen LogP contribution is 2.37. The lowest BCUT2D eigenvalue weighted by Crippen LogP contribution is -2.41. The number of carbonyl (C=O) groups is 1. The van der Waals surface area contributed by atoms with Crippen LogP contribution in [0.25, 0.3) is 0 Å². The van der Waals surface area contributed by atoms with Gasteiger partial charge in [-0.05, 0) is 60.5 Å². The molecule has 1 aromatic rings. The van der Waals surface area contributed by atoms with E-state index in [4.69, 9.17) is 14.0 Å². The molecule has 1 amide bonds. The predicted molar refractivity (Wildman–Crippen MR) is 97.2 cm³/mol. The molecule has 0 saturated carbocycles. The number of rotatable bonds is 1. The Morgan fingerprint density at radius 2 is 1.84 bits per heavy atom. The molecule has 0 unspecified atom stereocenters. The van der Waals surface area contributed by atoms with Gasteiger partial charge in [0.25, 0.3) is 0 Å². The first kappa shape index (κ1) is 18.2. The molecule has 136 valence electrons. The summed E-state index contributed by atoms with van der Waals surface area (Å²) in [5, 5.41) is 0. The first-order valence-electron chi connectivity index (χ1n) is 8.75. The van der Waals surface area contributed by atoms with E-state index >= 15 is 0 Å². The molecule has 3 heterocycles. The third-order valence-electron chi connectivity index (χ3n) is 4.96. The first-order chi connectivity index (χ1) is 11.4. The average Bonchev–Trinajstić information content (AvgIpc) is 2.95. The lowest BCUT2D eigenvalue weighted by molar-refractivity contribution is 0.00578. The van der Waals surface area contributed by atoms with Gasteiger partial charge in [0.05, 0.1) is 11.2 Å². The Hall–Kier alpha value is -1.60. The van der Waals surface area contributed by atoms with E-state index in [0.717, 1.165) is 17.4 Å². The maximum atomic E-state index is 12.3. The fourth-order valence-corrected chi connectivity index (χ4v) is 2.89. The fraction of sp³-hybridized carbons (Fsp3) is 0.667. The number of amides is 1. The summed E-state index contributed by atoms with van der Waals surface area (Å²) in [5.41, 5.74) is 0.586. The molecule has 2 aliphatic heterocycles. The molecule has 3 rings (SSSR count). The zero-order chi connectivity index (χ0) is 18.6. The summed E-state index contributed by atoms with van der Waals surface area (Å²) in [6.45, 7) is 14.3. The highest BCUT2D eigenvalue weighted by molar-refractivity contribution is 6.62. The summed E-state index contributed by atoms with van der Waals surface area (Å²) >= 11 is 0. The first-order valence-corrected chi connectivity index (χ1v) is 8.75. The van der Waals surface area contributed by atoms with Gasteiger partial charge in [0.1, 0.15) is 11.4 Å². The molecule has 0 aliphatic carbocycles. The molecule has 0 bridgehead atoms. The van der Waals surface area contributed by atoms with Crippen molar-refractivity contribution in [3.8, 4) is 0 Å². The standard InChI is InChI=1S/C18H27BN2O4/c1-16(2,3)23-15(22)21-9-8-12-10-13(11-20-14(12)21)19-24-17(4,5)18(6,7)25-19/h10-11H,8-9H2,1-7H3. The number of anilines is 1. The summed E-state index contributed by atoms with van der Waals surface area (Å²) in [4.78, 5) is 18.4. The number of pyridine rings is 1. The van der Waals surface area contributed by atoms with Crippen molar-refractivity contribution in [2.45, 2.75) is 71.7 Å². The Morgan fingerprint density at radius 1 is 1.24 bits per heavy atom. The smallest absolute Gasteiger partial charge is 0.443 e. The highest BCUT2D eigenvalue weighted by Gasteiger charge is 2.52. The van der Waals surface area contributed by atoms with E-state index in [1.165, 1.54) is 0 Å². The number of carbonyl (C=O) groups excluding carboxylic acids is 1. The van der Waals surface area contributed by atoms with E-state index in [2.05, 4.69) is 4.98 Å². The molecule has 25 heavy (non-hydrogen) atoms. The minimum absolute atomic E-state index is 0.359. The van der Waals surface area contributed by atoms with Gasteiger partial charge < -0.3 is 14.0 Å². The van der Waals surface area contributed by atoms with Gasteiger partial charge in [-0.1, -0.05) is 6.07 Å². The van der Waals surface area contributed by atoms with Crippen molar-refractivity contribution >= 4 is 24.5 Å². The fourth-order valence-electron chi connectivity index (χ4n) is 2.89. The maximum absolute atomic E-state index is 12.3. The Bertz CT molecular complexity index is 681. The normalized spacial score (nSPS) is 21.4. The van der Waals surface area contributed by atoms with Crippen LogP contribution in [0.4, 0.5) is 10.6 Å². The van der Waals surface area contributed by atoms with Crippen LogP contribution >= 0.6 is 0 Å². The molecule has 0 radical (unpaired) electrons. The van der Waals surface area contributed by atoms with Crippen LogP contribution in [0.2, 0.25) is 0 Å². The van der Waals surface area contributed by atoms with Crippen LogP contribution in [0.3, 0.4) is 0 Å². The van der Waals surface area contributed by atoms with Gasteiger partial charge in [0, 0.05) is 18.2 Å². The molecule has 6 nitrogen and oxygen atoms in total.